The molecule has 2 rings (SSSR count). The Bertz CT molecular complexity index is 689. The van der Waals surface area contributed by atoms with E-state index in [1.54, 1.807) is 10.7 Å². The van der Waals surface area contributed by atoms with Gasteiger partial charge in [-0.05, 0) is 32.4 Å². The lowest BCUT2D eigenvalue weighted by atomic mass is 10.2. The minimum absolute atomic E-state index is 0.0859. The third-order valence-electron chi connectivity index (χ3n) is 3.47. The van der Waals surface area contributed by atoms with Gasteiger partial charge >= 0.3 is 6.03 Å². The molecule has 0 bridgehead atoms. The van der Waals surface area contributed by atoms with E-state index in [-0.39, 0.29) is 11.7 Å². The van der Waals surface area contributed by atoms with Crippen LogP contribution < -0.4 is 15.4 Å². The molecule has 0 radical (unpaired) electrons. The molecule has 2 N–H and O–H groups in total. The van der Waals surface area contributed by atoms with E-state index in [2.05, 4.69) is 20.7 Å². The third kappa shape index (κ3) is 4.21. The number of urea groups is 1. The zero-order chi connectivity index (χ0) is 17.5. The Kier molecular flexibility index (Phi) is 6.11. The lowest BCUT2D eigenvalue weighted by molar-refractivity contribution is 0.247. The van der Waals surface area contributed by atoms with Crippen LogP contribution in [0.15, 0.2) is 24.5 Å². The first-order valence-electron chi connectivity index (χ1n) is 7.96. The number of nitrogens with zero attached hydrogens (tertiary/aromatic N) is 3. The Balaban J connectivity index is 2.04. The Morgan fingerprint density at radius 1 is 1.38 bits per heavy atom. The number of aryl methyl sites for hydroxylation is 1. The van der Waals surface area contributed by atoms with Crippen LogP contribution in [0.2, 0.25) is 0 Å². The van der Waals surface area contributed by atoms with Gasteiger partial charge in [-0.25, -0.2) is 18.9 Å². The second kappa shape index (κ2) is 8.28. The number of hydrogen-bond donors (Lipinski definition) is 2. The number of halogens is 1. The molecular formula is C16H22FN5O2. The van der Waals surface area contributed by atoms with Crippen molar-refractivity contribution in [3.63, 3.8) is 0 Å². The van der Waals surface area contributed by atoms with E-state index in [0.29, 0.717) is 31.1 Å². The number of rotatable bonds is 7. The van der Waals surface area contributed by atoms with Gasteiger partial charge in [-0.2, -0.15) is 5.10 Å². The monoisotopic (exact) mass is 335 g/mol. The van der Waals surface area contributed by atoms with Crippen molar-refractivity contribution in [3.05, 3.63) is 36.2 Å². The van der Waals surface area contributed by atoms with Gasteiger partial charge in [0.1, 0.15) is 23.7 Å². The molecule has 0 fully saturated rings. The number of ether oxygens (including phenoxy) is 1. The molecule has 0 aliphatic carbocycles. The van der Waals surface area contributed by atoms with Crippen molar-refractivity contribution in [3.8, 4) is 5.75 Å². The van der Waals surface area contributed by atoms with Crippen molar-refractivity contribution in [1.82, 2.24) is 20.1 Å². The van der Waals surface area contributed by atoms with Crippen LogP contribution in [-0.4, -0.2) is 27.4 Å². The molecule has 2 aromatic rings. The lowest BCUT2D eigenvalue weighted by Crippen LogP contribution is -2.34. The van der Waals surface area contributed by atoms with Crippen LogP contribution in [0.4, 0.5) is 14.9 Å². The summed E-state index contributed by atoms with van der Waals surface area (Å²) in [6.45, 7) is 6.79. The van der Waals surface area contributed by atoms with Gasteiger partial charge in [-0.1, -0.05) is 6.92 Å². The molecule has 1 heterocycles. The van der Waals surface area contributed by atoms with E-state index in [1.807, 2.05) is 20.8 Å². The van der Waals surface area contributed by atoms with Crippen LogP contribution in [0.3, 0.4) is 0 Å². The quantitative estimate of drug-likeness (QED) is 0.814. The molecule has 1 unspecified atom stereocenters. The molecule has 1 aromatic heterocycles. The highest BCUT2D eigenvalue weighted by Gasteiger charge is 2.18. The Morgan fingerprint density at radius 2 is 2.17 bits per heavy atom. The summed E-state index contributed by atoms with van der Waals surface area (Å²) in [5, 5.41) is 9.39. The number of hydrogen-bond acceptors (Lipinski definition) is 4. The maximum absolute atomic E-state index is 14.0. The Labute approximate surface area is 140 Å². The van der Waals surface area contributed by atoms with Crippen LogP contribution in [0.25, 0.3) is 0 Å². The summed E-state index contributed by atoms with van der Waals surface area (Å²) in [6, 6.07) is 3.50. The number of carbonyl (C=O) groups excluding carboxylic acids is 1. The molecule has 2 amide bonds. The van der Waals surface area contributed by atoms with Crippen molar-refractivity contribution in [1.29, 1.82) is 0 Å². The summed E-state index contributed by atoms with van der Waals surface area (Å²) in [4.78, 5) is 16.3. The SMILES string of the molecule is CCOc1ccc(NC(=O)NC(CC)c2ncnn2CC)c(F)c1. The van der Waals surface area contributed by atoms with Crippen molar-refractivity contribution in [2.24, 2.45) is 0 Å². The van der Waals surface area contributed by atoms with E-state index in [4.69, 9.17) is 4.74 Å². The Hall–Kier alpha value is -2.64. The highest BCUT2D eigenvalue weighted by Crippen LogP contribution is 2.21. The minimum atomic E-state index is -0.555. The molecule has 0 aliphatic heterocycles. The summed E-state index contributed by atoms with van der Waals surface area (Å²) in [5.41, 5.74) is 0.0859. The number of nitrogens with one attached hydrogen (secondary N) is 2. The molecule has 0 spiro atoms. The largest absolute Gasteiger partial charge is 0.494 e. The molecule has 0 saturated heterocycles. The fourth-order valence-corrected chi connectivity index (χ4v) is 2.31. The van der Waals surface area contributed by atoms with E-state index >= 15 is 0 Å². The normalized spacial score (nSPS) is 11.8. The number of amides is 2. The predicted molar refractivity (Wildman–Crippen MR) is 88.5 cm³/mol. The van der Waals surface area contributed by atoms with Crippen molar-refractivity contribution in [2.45, 2.75) is 39.8 Å². The van der Waals surface area contributed by atoms with Crippen molar-refractivity contribution < 1.29 is 13.9 Å². The minimum Gasteiger partial charge on any atom is -0.494 e. The van der Waals surface area contributed by atoms with E-state index in [1.165, 1.54) is 18.5 Å². The predicted octanol–water partition coefficient (Wildman–Crippen LogP) is 3.11. The average molecular weight is 335 g/mol. The standard InChI is InChI=1S/C16H22FN5O2/c1-4-13(15-18-10-19-22(15)5-2)20-16(23)21-14-8-7-11(24-6-3)9-12(14)17/h7-10,13H,4-6H2,1-3H3,(H2,20,21,23). The van der Waals surface area contributed by atoms with Crippen LogP contribution in [0.1, 0.15) is 39.1 Å². The molecule has 130 valence electrons. The number of carbonyl (C=O) groups is 1. The van der Waals surface area contributed by atoms with Crippen LogP contribution in [0.5, 0.6) is 5.75 Å². The van der Waals surface area contributed by atoms with E-state index < -0.39 is 11.8 Å². The van der Waals surface area contributed by atoms with Crippen LogP contribution in [0, 0.1) is 5.82 Å². The maximum Gasteiger partial charge on any atom is 0.319 e. The molecule has 7 nitrogen and oxygen atoms in total. The highest BCUT2D eigenvalue weighted by atomic mass is 19.1. The van der Waals surface area contributed by atoms with Crippen LogP contribution in [-0.2, 0) is 6.54 Å². The second-order valence-electron chi connectivity index (χ2n) is 5.07. The van der Waals surface area contributed by atoms with E-state index in [0.717, 1.165) is 0 Å². The summed E-state index contributed by atoms with van der Waals surface area (Å²) >= 11 is 0. The third-order valence-corrected chi connectivity index (χ3v) is 3.47. The van der Waals surface area contributed by atoms with Gasteiger partial charge in [0.05, 0.1) is 18.3 Å². The van der Waals surface area contributed by atoms with Crippen molar-refractivity contribution in [2.75, 3.05) is 11.9 Å². The molecule has 1 atom stereocenters. The maximum atomic E-state index is 14.0. The summed E-state index contributed by atoms with van der Waals surface area (Å²) in [6.07, 6.45) is 2.09. The fourth-order valence-electron chi connectivity index (χ4n) is 2.31. The number of anilines is 1. The van der Waals surface area contributed by atoms with Gasteiger partial charge < -0.3 is 15.4 Å². The van der Waals surface area contributed by atoms with Crippen molar-refractivity contribution >= 4 is 11.7 Å². The fraction of sp³-hybridized carbons (Fsp3) is 0.438. The average Bonchev–Trinajstić information content (AvgIpc) is 3.04. The van der Waals surface area contributed by atoms with Gasteiger partial charge in [-0.3, -0.25) is 0 Å². The van der Waals surface area contributed by atoms with Gasteiger partial charge in [-0.15, -0.1) is 0 Å². The van der Waals surface area contributed by atoms with Gasteiger partial charge in [0, 0.05) is 12.6 Å². The first-order chi connectivity index (χ1) is 11.6. The highest BCUT2D eigenvalue weighted by molar-refractivity contribution is 5.89. The molecular weight excluding hydrogens is 313 g/mol. The smallest absolute Gasteiger partial charge is 0.319 e. The van der Waals surface area contributed by atoms with Gasteiger partial charge in [0.2, 0.25) is 0 Å². The summed E-state index contributed by atoms with van der Waals surface area (Å²) in [5.74, 6) is 0.534. The molecule has 1 aromatic carbocycles. The first-order valence-corrected chi connectivity index (χ1v) is 7.96. The molecule has 8 heteroatoms. The van der Waals surface area contributed by atoms with Gasteiger partial charge in [0.25, 0.3) is 0 Å². The molecule has 0 aliphatic rings. The molecule has 0 saturated carbocycles. The lowest BCUT2D eigenvalue weighted by Gasteiger charge is -2.17. The summed E-state index contributed by atoms with van der Waals surface area (Å²) in [7, 11) is 0. The zero-order valence-electron chi connectivity index (χ0n) is 14.0. The second-order valence-corrected chi connectivity index (χ2v) is 5.07. The number of benzene rings is 1. The topological polar surface area (TPSA) is 81.1 Å². The zero-order valence-corrected chi connectivity index (χ0v) is 14.0. The number of aromatic nitrogens is 3. The molecule has 24 heavy (non-hydrogen) atoms. The van der Waals surface area contributed by atoms with Crippen LogP contribution >= 0.6 is 0 Å². The van der Waals surface area contributed by atoms with E-state index in [9.17, 15) is 9.18 Å². The summed E-state index contributed by atoms with van der Waals surface area (Å²) < 4.78 is 20.9. The van der Waals surface area contributed by atoms with Gasteiger partial charge in [0.15, 0.2) is 0 Å². The first kappa shape index (κ1) is 17.7. The Morgan fingerprint density at radius 3 is 2.79 bits per heavy atom.